The summed E-state index contributed by atoms with van der Waals surface area (Å²) in [6.07, 6.45) is 1.53. The lowest BCUT2D eigenvalue weighted by atomic mass is 10.0. The second-order valence-electron chi connectivity index (χ2n) is 4.21. The molecule has 0 aliphatic heterocycles. The lowest BCUT2D eigenvalue weighted by molar-refractivity contribution is -0.121. The van der Waals surface area contributed by atoms with E-state index in [1.54, 1.807) is 12.1 Å². The Hall–Kier alpha value is -1.16. The Kier molecular flexibility index (Phi) is 3.86. The summed E-state index contributed by atoms with van der Waals surface area (Å²) >= 11 is 0. The fourth-order valence-electron chi connectivity index (χ4n) is 1.26. The molecule has 4 heteroatoms. The third-order valence-corrected chi connectivity index (χ3v) is 3.50. The van der Waals surface area contributed by atoms with Gasteiger partial charge in [-0.05, 0) is 17.7 Å². The molecule has 1 aromatic carbocycles. The van der Waals surface area contributed by atoms with Crippen LogP contribution in [-0.2, 0) is 21.1 Å². The first-order valence-corrected chi connectivity index (χ1v) is 7.01. The quantitative estimate of drug-likeness (QED) is 0.807. The molecule has 0 unspecified atom stereocenters. The second-order valence-corrected chi connectivity index (χ2v) is 6.23. The lowest BCUT2D eigenvalue weighted by Crippen LogP contribution is -2.10. The van der Waals surface area contributed by atoms with Gasteiger partial charge in [0, 0.05) is 18.6 Å². The van der Waals surface area contributed by atoms with Crippen LogP contribution in [0.1, 0.15) is 19.4 Å². The summed E-state index contributed by atoms with van der Waals surface area (Å²) in [6.45, 7) is 3.71. The molecule has 88 valence electrons. The van der Waals surface area contributed by atoms with Crippen molar-refractivity contribution >= 4 is 15.6 Å². The summed E-state index contributed by atoms with van der Waals surface area (Å²) in [5.74, 6) is 0.168. The zero-order valence-corrected chi connectivity index (χ0v) is 10.5. The summed E-state index contributed by atoms with van der Waals surface area (Å²) in [4.78, 5) is 11.8. The number of hydrogen-bond acceptors (Lipinski definition) is 3. The van der Waals surface area contributed by atoms with Gasteiger partial charge in [0.1, 0.15) is 5.78 Å². The van der Waals surface area contributed by atoms with E-state index >= 15 is 0 Å². The van der Waals surface area contributed by atoms with Gasteiger partial charge < -0.3 is 0 Å². The Morgan fingerprint density at radius 1 is 1.19 bits per heavy atom. The first-order valence-electron chi connectivity index (χ1n) is 5.12. The highest BCUT2D eigenvalue weighted by molar-refractivity contribution is 7.90. The van der Waals surface area contributed by atoms with Crippen LogP contribution in [0.5, 0.6) is 0 Å². The van der Waals surface area contributed by atoms with Gasteiger partial charge in [-0.15, -0.1) is 0 Å². The maximum Gasteiger partial charge on any atom is 0.175 e. The first kappa shape index (κ1) is 12.9. The minimum Gasteiger partial charge on any atom is -0.299 e. The monoisotopic (exact) mass is 240 g/mol. The number of hydrogen-bond donors (Lipinski definition) is 0. The molecule has 0 bridgehead atoms. The Morgan fingerprint density at radius 2 is 1.69 bits per heavy atom. The average molecular weight is 240 g/mol. The zero-order valence-electron chi connectivity index (χ0n) is 9.73. The number of sulfone groups is 1. The first-order chi connectivity index (χ1) is 7.30. The molecule has 0 N–H and O–H groups in total. The number of Topliss-reactive ketones (excluding diaryl/α,β-unsaturated/α-hetero) is 1. The highest BCUT2D eigenvalue weighted by atomic mass is 32.2. The van der Waals surface area contributed by atoms with Crippen LogP contribution in [0.25, 0.3) is 0 Å². The number of carbonyl (C=O) groups is 1. The van der Waals surface area contributed by atoms with E-state index in [-0.39, 0.29) is 16.6 Å². The van der Waals surface area contributed by atoms with Crippen molar-refractivity contribution in [3.8, 4) is 0 Å². The molecule has 0 aromatic heterocycles. The summed E-state index contributed by atoms with van der Waals surface area (Å²) in [5.41, 5.74) is 0.853. The van der Waals surface area contributed by atoms with Crippen molar-refractivity contribution in [1.82, 2.24) is 0 Å². The second kappa shape index (κ2) is 4.78. The summed E-state index contributed by atoms with van der Waals surface area (Å²) < 4.78 is 22.4. The molecule has 16 heavy (non-hydrogen) atoms. The molecule has 0 heterocycles. The maximum atomic E-state index is 11.5. The standard InChI is InChI=1S/C12H16O3S/c1-9(2)12(13)8-10-4-6-11(7-5-10)16(3,14)15/h4-7,9H,8H2,1-3H3. The molecule has 0 aliphatic rings. The average Bonchev–Trinajstić information content (AvgIpc) is 2.17. The van der Waals surface area contributed by atoms with Gasteiger partial charge in [-0.2, -0.15) is 0 Å². The van der Waals surface area contributed by atoms with Crippen LogP contribution in [-0.4, -0.2) is 20.5 Å². The van der Waals surface area contributed by atoms with Crippen molar-refractivity contribution in [2.75, 3.05) is 6.26 Å². The van der Waals surface area contributed by atoms with Crippen molar-refractivity contribution in [3.05, 3.63) is 29.8 Å². The Labute approximate surface area is 96.4 Å². The lowest BCUT2D eigenvalue weighted by Gasteiger charge is -2.05. The van der Waals surface area contributed by atoms with Gasteiger partial charge in [0.05, 0.1) is 4.90 Å². The molecule has 0 amide bonds. The topological polar surface area (TPSA) is 51.2 Å². The van der Waals surface area contributed by atoms with Crippen molar-refractivity contribution in [3.63, 3.8) is 0 Å². The minimum atomic E-state index is -3.15. The molecule has 0 aliphatic carbocycles. The van der Waals surface area contributed by atoms with Crippen molar-refractivity contribution in [2.24, 2.45) is 5.92 Å². The molecule has 1 aromatic rings. The maximum absolute atomic E-state index is 11.5. The van der Waals surface area contributed by atoms with Gasteiger partial charge in [0.2, 0.25) is 0 Å². The number of rotatable bonds is 4. The van der Waals surface area contributed by atoms with Crippen molar-refractivity contribution in [1.29, 1.82) is 0 Å². The van der Waals surface area contributed by atoms with E-state index < -0.39 is 9.84 Å². The third-order valence-electron chi connectivity index (χ3n) is 2.37. The van der Waals surface area contributed by atoms with Gasteiger partial charge in [0.25, 0.3) is 0 Å². The predicted octanol–water partition coefficient (Wildman–Crippen LogP) is 1.86. The number of ketones is 1. The molecule has 3 nitrogen and oxygen atoms in total. The third kappa shape index (κ3) is 3.45. The van der Waals surface area contributed by atoms with Crippen LogP contribution in [0.4, 0.5) is 0 Å². The van der Waals surface area contributed by atoms with E-state index in [0.29, 0.717) is 6.42 Å². The zero-order chi connectivity index (χ0) is 12.3. The van der Waals surface area contributed by atoms with Gasteiger partial charge >= 0.3 is 0 Å². The van der Waals surface area contributed by atoms with E-state index in [4.69, 9.17) is 0 Å². The Bertz CT molecular complexity index is 469. The van der Waals surface area contributed by atoms with Gasteiger partial charge in [0.15, 0.2) is 9.84 Å². The van der Waals surface area contributed by atoms with Crippen LogP contribution in [0.2, 0.25) is 0 Å². The molecule has 0 fully saturated rings. The van der Waals surface area contributed by atoms with Gasteiger partial charge in [-0.3, -0.25) is 4.79 Å². The van der Waals surface area contributed by atoms with E-state index in [1.807, 2.05) is 13.8 Å². The molecule has 0 saturated carbocycles. The van der Waals surface area contributed by atoms with E-state index in [0.717, 1.165) is 5.56 Å². The smallest absolute Gasteiger partial charge is 0.175 e. The van der Waals surface area contributed by atoms with Crippen molar-refractivity contribution < 1.29 is 13.2 Å². The Morgan fingerprint density at radius 3 is 2.06 bits per heavy atom. The Balaban J connectivity index is 2.84. The number of carbonyl (C=O) groups excluding carboxylic acids is 1. The molecule has 0 radical (unpaired) electrons. The summed E-state index contributed by atoms with van der Waals surface area (Å²) in [6, 6.07) is 6.46. The van der Waals surface area contributed by atoms with Crippen LogP contribution in [0, 0.1) is 5.92 Å². The van der Waals surface area contributed by atoms with Crippen molar-refractivity contribution in [2.45, 2.75) is 25.2 Å². The van der Waals surface area contributed by atoms with E-state index in [9.17, 15) is 13.2 Å². The molecule has 0 saturated heterocycles. The van der Waals surface area contributed by atoms with E-state index in [2.05, 4.69) is 0 Å². The molecular formula is C12H16O3S. The fourth-order valence-corrected chi connectivity index (χ4v) is 1.89. The predicted molar refractivity (Wildman–Crippen MR) is 63.1 cm³/mol. The SMILES string of the molecule is CC(C)C(=O)Cc1ccc(S(C)(=O)=O)cc1. The molecule has 0 spiro atoms. The normalized spacial score (nSPS) is 11.8. The highest BCUT2D eigenvalue weighted by Gasteiger charge is 2.10. The van der Waals surface area contributed by atoms with Gasteiger partial charge in [-0.25, -0.2) is 8.42 Å². The molecule has 0 atom stereocenters. The van der Waals surface area contributed by atoms with Crippen LogP contribution in [0.15, 0.2) is 29.2 Å². The van der Waals surface area contributed by atoms with Crippen LogP contribution >= 0.6 is 0 Å². The fraction of sp³-hybridized carbons (Fsp3) is 0.417. The molecular weight excluding hydrogens is 224 g/mol. The molecule has 1 rings (SSSR count). The number of benzene rings is 1. The van der Waals surface area contributed by atoms with Gasteiger partial charge in [-0.1, -0.05) is 26.0 Å². The van der Waals surface area contributed by atoms with Crippen LogP contribution < -0.4 is 0 Å². The highest BCUT2D eigenvalue weighted by Crippen LogP contribution is 2.12. The minimum absolute atomic E-state index is 0.00887. The summed E-state index contributed by atoms with van der Waals surface area (Å²) in [7, 11) is -3.15. The summed E-state index contributed by atoms with van der Waals surface area (Å²) in [5, 5.41) is 0. The van der Waals surface area contributed by atoms with Crippen LogP contribution in [0.3, 0.4) is 0 Å². The largest absolute Gasteiger partial charge is 0.299 e. The van der Waals surface area contributed by atoms with E-state index in [1.165, 1.54) is 18.4 Å².